The van der Waals surface area contributed by atoms with Gasteiger partial charge in [-0.2, -0.15) is 0 Å². The number of hydrogen-bond donors (Lipinski definition) is 1. The van der Waals surface area contributed by atoms with Crippen LogP contribution in [0.2, 0.25) is 0 Å². The van der Waals surface area contributed by atoms with Crippen molar-refractivity contribution in [1.29, 1.82) is 0 Å². The van der Waals surface area contributed by atoms with E-state index in [4.69, 9.17) is 9.47 Å². The Morgan fingerprint density at radius 3 is 2.70 bits per heavy atom. The average molecular weight is 317 g/mol. The number of aromatic amines is 1. The highest BCUT2D eigenvalue weighted by atomic mass is 16.5. The van der Waals surface area contributed by atoms with Crippen molar-refractivity contribution in [3.05, 3.63) is 28.3 Å². The highest BCUT2D eigenvalue weighted by molar-refractivity contribution is 5.81. The molecule has 0 unspecified atom stereocenters. The first-order chi connectivity index (χ1) is 11.1. The molecule has 3 rings (SSSR count). The molecule has 0 bridgehead atoms. The van der Waals surface area contributed by atoms with E-state index in [2.05, 4.69) is 21.8 Å². The largest absolute Gasteiger partial charge is 0.493 e. The molecule has 124 valence electrons. The summed E-state index contributed by atoms with van der Waals surface area (Å²) in [7, 11) is 3.13. The Hall–Kier alpha value is -2.08. The van der Waals surface area contributed by atoms with Crippen molar-refractivity contribution < 1.29 is 9.47 Å². The molecule has 0 spiro atoms. The van der Waals surface area contributed by atoms with Gasteiger partial charge in [0.05, 0.1) is 31.7 Å². The lowest BCUT2D eigenvalue weighted by atomic mass is 10.0. The minimum atomic E-state index is -0.143. The van der Waals surface area contributed by atoms with Gasteiger partial charge in [0.1, 0.15) is 5.82 Å². The topological polar surface area (TPSA) is 67.5 Å². The molecule has 1 aliphatic rings. The van der Waals surface area contributed by atoms with Gasteiger partial charge >= 0.3 is 0 Å². The Bertz CT molecular complexity index is 757. The molecular weight excluding hydrogens is 294 g/mol. The van der Waals surface area contributed by atoms with Gasteiger partial charge < -0.3 is 14.5 Å². The molecule has 2 heterocycles. The molecule has 0 amide bonds. The molecule has 1 aromatic heterocycles. The second-order valence-corrected chi connectivity index (χ2v) is 6.05. The van der Waals surface area contributed by atoms with Crippen molar-refractivity contribution >= 4 is 10.9 Å². The van der Waals surface area contributed by atoms with Gasteiger partial charge in [-0.1, -0.05) is 6.42 Å². The average Bonchev–Trinajstić information content (AvgIpc) is 2.56. The third kappa shape index (κ3) is 3.17. The van der Waals surface area contributed by atoms with E-state index in [1.807, 2.05) is 0 Å². The maximum absolute atomic E-state index is 12.4. The Labute approximate surface area is 135 Å². The summed E-state index contributed by atoms with van der Waals surface area (Å²) in [6.07, 6.45) is 3.67. The Morgan fingerprint density at radius 1 is 1.26 bits per heavy atom. The van der Waals surface area contributed by atoms with Crippen LogP contribution in [0.25, 0.3) is 10.9 Å². The maximum Gasteiger partial charge on any atom is 0.258 e. The maximum atomic E-state index is 12.4. The van der Waals surface area contributed by atoms with Crippen LogP contribution in [-0.2, 0) is 6.54 Å². The molecule has 23 heavy (non-hydrogen) atoms. The van der Waals surface area contributed by atoms with Crippen molar-refractivity contribution in [2.45, 2.75) is 38.8 Å². The first-order valence-corrected chi connectivity index (χ1v) is 8.01. The van der Waals surface area contributed by atoms with Gasteiger partial charge in [-0.05, 0) is 32.4 Å². The number of hydrogen-bond acceptors (Lipinski definition) is 5. The summed E-state index contributed by atoms with van der Waals surface area (Å²) in [5.41, 5.74) is 0.488. The minimum Gasteiger partial charge on any atom is -0.493 e. The molecule has 1 aliphatic heterocycles. The van der Waals surface area contributed by atoms with E-state index in [9.17, 15) is 4.79 Å². The number of H-pyrrole nitrogens is 1. The lowest BCUT2D eigenvalue weighted by molar-refractivity contribution is 0.149. The van der Waals surface area contributed by atoms with Crippen LogP contribution in [0.4, 0.5) is 0 Å². The van der Waals surface area contributed by atoms with Gasteiger partial charge in [-0.15, -0.1) is 0 Å². The number of nitrogens with one attached hydrogen (secondary N) is 1. The highest BCUT2D eigenvalue weighted by Crippen LogP contribution is 2.30. The Balaban J connectivity index is 1.98. The number of aromatic nitrogens is 2. The predicted molar refractivity (Wildman–Crippen MR) is 89.2 cm³/mol. The van der Waals surface area contributed by atoms with Crippen molar-refractivity contribution in [1.82, 2.24) is 14.9 Å². The first-order valence-electron chi connectivity index (χ1n) is 8.01. The molecule has 6 nitrogen and oxygen atoms in total. The zero-order valence-corrected chi connectivity index (χ0v) is 13.9. The fraction of sp³-hybridized carbons (Fsp3) is 0.529. The monoisotopic (exact) mass is 317 g/mol. The number of benzene rings is 1. The Morgan fingerprint density at radius 2 is 2.00 bits per heavy atom. The van der Waals surface area contributed by atoms with Crippen LogP contribution in [-0.4, -0.2) is 41.7 Å². The van der Waals surface area contributed by atoms with E-state index in [1.54, 1.807) is 26.4 Å². The molecule has 0 radical (unpaired) electrons. The third-order valence-electron chi connectivity index (χ3n) is 4.55. The van der Waals surface area contributed by atoms with E-state index in [1.165, 1.54) is 19.3 Å². The third-order valence-corrected chi connectivity index (χ3v) is 4.55. The molecule has 6 heteroatoms. The molecule has 1 N–H and O–H groups in total. The summed E-state index contributed by atoms with van der Waals surface area (Å²) in [5.74, 6) is 1.81. The van der Waals surface area contributed by atoms with E-state index in [-0.39, 0.29) is 5.56 Å². The van der Waals surface area contributed by atoms with Crippen molar-refractivity contribution in [2.24, 2.45) is 0 Å². The van der Waals surface area contributed by atoms with Crippen LogP contribution in [0.5, 0.6) is 11.5 Å². The standard InChI is InChI=1S/C17H23N3O3/c1-11-6-4-5-7-20(11)10-16-18-13-9-15(23-3)14(22-2)8-12(13)17(21)19-16/h8-9,11H,4-7,10H2,1-3H3,(H,18,19,21)/t11-/m0/s1. The van der Waals surface area contributed by atoms with Gasteiger partial charge in [0.2, 0.25) is 0 Å². The summed E-state index contributed by atoms with van der Waals surface area (Å²) >= 11 is 0. The van der Waals surface area contributed by atoms with Crippen molar-refractivity contribution in [2.75, 3.05) is 20.8 Å². The molecule has 1 aromatic carbocycles. The molecule has 0 aliphatic carbocycles. The lowest BCUT2D eigenvalue weighted by Gasteiger charge is -2.32. The second kappa shape index (κ2) is 6.58. The predicted octanol–water partition coefficient (Wildman–Crippen LogP) is 2.31. The number of likely N-dealkylation sites (tertiary alicyclic amines) is 1. The lowest BCUT2D eigenvalue weighted by Crippen LogP contribution is -2.37. The fourth-order valence-electron chi connectivity index (χ4n) is 3.17. The second-order valence-electron chi connectivity index (χ2n) is 6.05. The summed E-state index contributed by atoms with van der Waals surface area (Å²) in [5, 5.41) is 0.512. The number of ether oxygens (including phenoxy) is 2. The highest BCUT2D eigenvalue weighted by Gasteiger charge is 2.19. The van der Waals surface area contributed by atoms with E-state index in [0.29, 0.717) is 40.8 Å². The molecule has 1 saturated heterocycles. The van der Waals surface area contributed by atoms with Crippen LogP contribution >= 0.6 is 0 Å². The smallest absolute Gasteiger partial charge is 0.258 e. The SMILES string of the molecule is COc1cc2nc(CN3CCCC[C@@H]3C)[nH]c(=O)c2cc1OC. The van der Waals surface area contributed by atoms with Crippen LogP contribution < -0.4 is 15.0 Å². The van der Waals surface area contributed by atoms with Gasteiger partial charge in [0.25, 0.3) is 5.56 Å². The summed E-state index contributed by atoms with van der Waals surface area (Å²) < 4.78 is 10.6. The van der Waals surface area contributed by atoms with Crippen LogP contribution in [0, 0.1) is 0 Å². The van der Waals surface area contributed by atoms with E-state index < -0.39 is 0 Å². The van der Waals surface area contributed by atoms with Crippen molar-refractivity contribution in [3.8, 4) is 11.5 Å². The summed E-state index contributed by atoms with van der Waals surface area (Å²) in [6.45, 7) is 3.95. The van der Waals surface area contributed by atoms with Gasteiger partial charge in [-0.3, -0.25) is 9.69 Å². The quantitative estimate of drug-likeness (QED) is 0.937. The molecule has 2 aromatic rings. The normalized spacial score (nSPS) is 19.0. The van der Waals surface area contributed by atoms with E-state index >= 15 is 0 Å². The molecule has 1 fully saturated rings. The molecule has 0 saturated carbocycles. The number of nitrogens with zero attached hydrogens (tertiary/aromatic N) is 2. The molecule has 1 atom stereocenters. The van der Waals surface area contributed by atoms with E-state index in [0.717, 1.165) is 6.54 Å². The van der Waals surface area contributed by atoms with Gasteiger partial charge in [0, 0.05) is 12.1 Å². The van der Waals surface area contributed by atoms with Crippen LogP contribution in [0.1, 0.15) is 32.0 Å². The number of piperidine rings is 1. The summed E-state index contributed by atoms with van der Waals surface area (Å²) in [6, 6.07) is 3.95. The zero-order valence-electron chi connectivity index (χ0n) is 13.9. The molecular formula is C17H23N3O3. The number of methoxy groups -OCH3 is 2. The first kappa shape index (κ1) is 15.8. The van der Waals surface area contributed by atoms with Crippen LogP contribution in [0.3, 0.4) is 0 Å². The van der Waals surface area contributed by atoms with Crippen molar-refractivity contribution in [3.63, 3.8) is 0 Å². The minimum absolute atomic E-state index is 0.143. The summed E-state index contributed by atoms with van der Waals surface area (Å²) in [4.78, 5) is 22.3. The van der Waals surface area contributed by atoms with Gasteiger partial charge in [0.15, 0.2) is 11.5 Å². The number of rotatable bonds is 4. The number of fused-ring (bicyclic) bond motifs is 1. The van der Waals surface area contributed by atoms with Gasteiger partial charge in [-0.25, -0.2) is 4.98 Å². The van der Waals surface area contributed by atoms with Crippen LogP contribution in [0.15, 0.2) is 16.9 Å². The zero-order chi connectivity index (χ0) is 16.4. The fourth-order valence-corrected chi connectivity index (χ4v) is 3.17. The Kier molecular flexibility index (Phi) is 4.52.